The molecule has 1 aromatic rings. The Bertz CT molecular complexity index is 619. The van der Waals surface area contributed by atoms with Crippen molar-refractivity contribution in [3.05, 3.63) is 23.8 Å². The fraction of sp³-hybridized carbons (Fsp3) is 0.588. The van der Waals surface area contributed by atoms with Crippen molar-refractivity contribution in [1.82, 2.24) is 0 Å². The number of fused-ring (bicyclic) bond motifs is 2. The molecule has 4 N–H and O–H groups in total. The minimum atomic E-state index is -4.67. The van der Waals surface area contributed by atoms with E-state index in [4.69, 9.17) is 5.73 Å². The van der Waals surface area contributed by atoms with E-state index in [1.165, 1.54) is 6.07 Å². The van der Waals surface area contributed by atoms with Gasteiger partial charge in [-0.1, -0.05) is 6.42 Å². The highest BCUT2D eigenvalue weighted by Gasteiger charge is 2.40. The number of alkyl halides is 3. The molecule has 2 fully saturated rings. The van der Waals surface area contributed by atoms with Crippen molar-refractivity contribution in [1.29, 1.82) is 0 Å². The summed E-state index contributed by atoms with van der Waals surface area (Å²) in [5.74, 6) is -0.697. The lowest BCUT2D eigenvalue weighted by Crippen LogP contribution is -2.48. The highest BCUT2D eigenvalue weighted by molar-refractivity contribution is 5.92. The number of carbonyl (C=O) groups is 1. The number of carbonyl (C=O) groups excluding carboxylic acids is 1. The first kappa shape index (κ1) is 17.1. The standard InChI is InChI=1S/C17H21F3N2O2/c18-17(19,20)13-8-12(4-5-14(13)23)22-16(24)11-6-9-2-1-3-10(7-11)15(9)21/h4-5,8-11,15,23H,1-3,6-7,21H2,(H,22,24). The third kappa shape index (κ3) is 3.36. The van der Waals surface area contributed by atoms with Gasteiger partial charge in [0.1, 0.15) is 5.75 Å². The molecule has 2 atom stereocenters. The molecule has 7 heteroatoms. The van der Waals surface area contributed by atoms with Crippen LogP contribution in [0.25, 0.3) is 0 Å². The third-order valence-corrected chi connectivity index (χ3v) is 5.35. The molecule has 3 rings (SSSR count). The second kappa shape index (κ2) is 6.27. The van der Waals surface area contributed by atoms with Crippen molar-refractivity contribution in [2.75, 3.05) is 5.32 Å². The van der Waals surface area contributed by atoms with Crippen molar-refractivity contribution in [3.8, 4) is 5.75 Å². The Morgan fingerprint density at radius 1 is 1.21 bits per heavy atom. The van der Waals surface area contributed by atoms with Crippen LogP contribution in [0.5, 0.6) is 5.75 Å². The summed E-state index contributed by atoms with van der Waals surface area (Å²) in [5, 5.41) is 11.9. The maximum Gasteiger partial charge on any atom is 0.420 e. The van der Waals surface area contributed by atoms with Crippen LogP contribution < -0.4 is 11.1 Å². The molecule has 1 amide bonds. The number of anilines is 1. The highest BCUT2D eigenvalue weighted by Crippen LogP contribution is 2.42. The monoisotopic (exact) mass is 342 g/mol. The number of benzene rings is 1. The van der Waals surface area contributed by atoms with E-state index in [0.29, 0.717) is 24.7 Å². The molecule has 1 aromatic carbocycles. The number of hydrogen-bond acceptors (Lipinski definition) is 3. The average molecular weight is 342 g/mol. The molecular formula is C17H21F3N2O2. The fourth-order valence-electron chi connectivity index (χ4n) is 4.09. The van der Waals surface area contributed by atoms with E-state index >= 15 is 0 Å². The lowest BCUT2D eigenvalue weighted by atomic mass is 9.65. The molecule has 24 heavy (non-hydrogen) atoms. The van der Waals surface area contributed by atoms with Crippen LogP contribution in [0.2, 0.25) is 0 Å². The smallest absolute Gasteiger partial charge is 0.420 e. The largest absolute Gasteiger partial charge is 0.507 e. The maximum absolute atomic E-state index is 12.8. The molecule has 2 aliphatic carbocycles. The molecule has 0 aliphatic heterocycles. The minimum Gasteiger partial charge on any atom is -0.507 e. The molecule has 2 bridgehead atoms. The summed E-state index contributed by atoms with van der Waals surface area (Å²) in [6.07, 6.45) is -0.136. The fourth-order valence-corrected chi connectivity index (χ4v) is 4.09. The maximum atomic E-state index is 12.8. The molecule has 0 radical (unpaired) electrons. The second-order valence-corrected chi connectivity index (χ2v) is 6.92. The predicted octanol–water partition coefficient (Wildman–Crippen LogP) is 3.50. The normalized spacial score (nSPS) is 30.0. The number of nitrogens with one attached hydrogen (secondary N) is 1. The van der Waals surface area contributed by atoms with E-state index in [1.807, 2.05) is 0 Å². The first-order valence-corrected chi connectivity index (χ1v) is 8.22. The summed E-state index contributed by atoms with van der Waals surface area (Å²) in [5.41, 5.74) is 5.10. The van der Waals surface area contributed by atoms with E-state index in [2.05, 4.69) is 5.32 Å². The molecule has 4 nitrogen and oxygen atoms in total. The molecule has 0 aromatic heterocycles. The highest BCUT2D eigenvalue weighted by atomic mass is 19.4. The van der Waals surface area contributed by atoms with Gasteiger partial charge in [0.25, 0.3) is 0 Å². The summed E-state index contributed by atoms with van der Waals surface area (Å²) in [7, 11) is 0. The van der Waals surface area contributed by atoms with E-state index in [9.17, 15) is 23.1 Å². The van der Waals surface area contributed by atoms with Gasteiger partial charge in [0, 0.05) is 17.6 Å². The Morgan fingerprint density at radius 3 is 2.42 bits per heavy atom. The molecule has 0 heterocycles. The van der Waals surface area contributed by atoms with Gasteiger partial charge >= 0.3 is 6.18 Å². The first-order valence-electron chi connectivity index (χ1n) is 8.22. The zero-order valence-electron chi connectivity index (χ0n) is 13.1. The Kier molecular flexibility index (Phi) is 4.46. The Labute approximate surface area is 138 Å². The number of phenols is 1. The number of aromatic hydroxyl groups is 1. The lowest BCUT2D eigenvalue weighted by molar-refractivity contribution is -0.138. The number of phenolic OH excluding ortho intramolecular Hbond substituents is 1. The van der Waals surface area contributed by atoms with E-state index in [-0.39, 0.29) is 23.6 Å². The van der Waals surface area contributed by atoms with Crippen LogP contribution in [-0.4, -0.2) is 17.1 Å². The Balaban J connectivity index is 1.71. The quantitative estimate of drug-likeness (QED) is 0.720. The third-order valence-electron chi connectivity index (χ3n) is 5.35. The molecule has 132 valence electrons. The van der Waals surface area contributed by atoms with Gasteiger partial charge in [0.15, 0.2) is 0 Å². The average Bonchev–Trinajstić information content (AvgIpc) is 2.47. The molecule has 2 unspecified atom stereocenters. The topological polar surface area (TPSA) is 75.4 Å². The van der Waals surface area contributed by atoms with Gasteiger partial charge in [-0.05, 0) is 55.7 Å². The van der Waals surface area contributed by atoms with Crippen LogP contribution in [0.4, 0.5) is 18.9 Å². The van der Waals surface area contributed by atoms with Crippen molar-refractivity contribution >= 4 is 11.6 Å². The SMILES string of the molecule is NC1C2CCCC1CC(C(=O)Nc1ccc(O)c(C(F)(F)F)c1)C2. The number of rotatable bonds is 2. The van der Waals surface area contributed by atoms with Gasteiger partial charge in [-0.15, -0.1) is 0 Å². The molecule has 2 saturated carbocycles. The van der Waals surface area contributed by atoms with E-state index < -0.39 is 17.5 Å². The van der Waals surface area contributed by atoms with Crippen LogP contribution in [0.3, 0.4) is 0 Å². The van der Waals surface area contributed by atoms with Gasteiger partial charge in [-0.2, -0.15) is 13.2 Å². The number of amides is 1. The number of halogens is 3. The molecule has 0 saturated heterocycles. The van der Waals surface area contributed by atoms with Gasteiger partial charge in [0.2, 0.25) is 5.91 Å². The van der Waals surface area contributed by atoms with Crippen LogP contribution >= 0.6 is 0 Å². The summed E-state index contributed by atoms with van der Waals surface area (Å²) < 4.78 is 38.5. The summed E-state index contributed by atoms with van der Waals surface area (Å²) in [6.45, 7) is 0. The van der Waals surface area contributed by atoms with Crippen molar-refractivity contribution < 1.29 is 23.1 Å². The zero-order valence-corrected chi connectivity index (χ0v) is 13.1. The van der Waals surface area contributed by atoms with Crippen LogP contribution in [-0.2, 0) is 11.0 Å². The van der Waals surface area contributed by atoms with Crippen molar-refractivity contribution in [3.63, 3.8) is 0 Å². The second-order valence-electron chi connectivity index (χ2n) is 6.92. The van der Waals surface area contributed by atoms with E-state index in [0.717, 1.165) is 31.4 Å². The van der Waals surface area contributed by atoms with Gasteiger partial charge in [-0.3, -0.25) is 4.79 Å². The minimum absolute atomic E-state index is 0.0464. The molecule has 0 spiro atoms. The van der Waals surface area contributed by atoms with Gasteiger partial charge < -0.3 is 16.2 Å². The Morgan fingerprint density at radius 2 is 1.83 bits per heavy atom. The number of nitrogens with two attached hydrogens (primary N) is 1. The summed E-state index contributed by atoms with van der Waals surface area (Å²) in [6, 6.07) is 3.12. The Hall–Kier alpha value is -1.76. The lowest BCUT2D eigenvalue weighted by Gasteiger charge is -2.43. The summed E-state index contributed by atoms with van der Waals surface area (Å²) in [4.78, 5) is 12.5. The predicted molar refractivity (Wildman–Crippen MR) is 83.3 cm³/mol. The summed E-state index contributed by atoms with van der Waals surface area (Å²) >= 11 is 0. The van der Waals surface area contributed by atoms with Crippen LogP contribution in [0.1, 0.15) is 37.7 Å². The van der Waals surface area contributed by atoms with Crippen molar-refractivity contribution in [2.24, 2.45) is 23.5 Å². The molecule has 2 aliphatic rings. The first-order chi connectivity index (χ1) is 11.3. The van der Waals surface area contributed by atoms with Crippen LogP contribution in [0.15, 0.2) is 18.2 Å². The zero-order chi connectivity index (χ0) is 17.5. The van der Waals surface area contributed by atoms with Crippen molar-refractivity contribution in [2.45, 2.75) is 44.3 Å². The van der Waals surface area contributed by atoms with Crippen LogP contribution in [0, 0.1) is 17.8 Å². The molecular weight excluding hydrogens is 321 g/mol. The number of hydrogen-bond donors (Lipinski definition) is 3. The van der Waals surface area contributed by atoms with E-state index in [1.54, 1.807) is 0 Å². The van der Waals surface area contributed by atoms with Gasteiger partial charge in [-0.25, -0.2) is 0 Å². The van der Waals surface area contributed by atoms with Gasteiger partial charge in [0.05, 0.1) is 5.56 Å².